The monoisotopic (exact) mass is 238 g/mol. The van der Waals surface area contributed by atoms with Crippen LogP contribution in [0.1, 0.15) is 32.6 Å². The molecule has 5 nitrogen and oxygen atoms in total. The Balaban J connectivity index is 1.77. The minimum Gasteiger partial charge on any atom is -0.343 e. The van der Waals surface area contributed by atoms with Gasteiger partial charge in [-0.3, -0.25) is 19.3 Å². The lowest BCUT2D eigenvalue weighted by Gasteiger charge is -2.18. The molecule has 2 fully saturated rings. The number of amides is 3. The second kappa shape index (κ2) is 4.85. The average Bonchev–Trinajstić information content (AvgIpc) is 2.78. The number of hydrogen-bond donors (Lipinski definition) is 0. The topological polar surface area (TPSA) is 57.7 Å². The Morgan fingerprint density at radius 1 is 1.18 bits per heavy atom. The second-order valence-electron chi connectivity index (χ2n) is 4.83. The minimum atomic E-state index is -0.170. The second-order valence-corrected chi connectivity index (χ2v) is 4.83. The van der Waals surface area contributed by atoms with Gasteiger partial charge in [0.2, 0.25) is 17.7 Å². The fourth-order valence-electron chi connectivity index (χ4n) is 2.44. The van der Waals surface area contributed by atoms with E-state index >= 15 is 0 Å². The van der Waals surface area contributed by atoms with E-state index in [1.807, 2.05) is 4.90 Å². The van der Waals surface area contributed by atoms with E-state index in [9.17, 15) is 14.4 Å². The van der Waals surface area contributed by atoms with Crippen LogP contribution in [-0.4, -0.2) is 47.2 Å². The highest BCUT2D eigenvalue weighted by Crippen LogP contribution is 2.19. The standard InChI is InChI=1S/C12H18N2O3/c1-9-8-11(16)14(12(9)17)7-3-6-13-5-2-4-10(13)15/h9H,2-8H2,1H3. The van der Waals surface area contributed by atoms with Crippen molar-refractivity contribution in [3.8, 4) is 0 Å². The van der Waals surface area contributed by atoms with Gasteiger partial charge in [-0.05, 0) is 12.8 Å². The summed E-state index contributed by atoms with van der Waals surface area (Å²) in [6.45, 7) is 3.71. The molecule has 0 aromatic heterocycles. The van der Waals surface area contributed by atoms with Gasteiger partial charge in [-0.2, -0.15) is 0 Å². The summed E-state index contributed by atoms with van der Waals surface area (Å²) in [5.74, 6) is -0.119. The van der Waals surface area contributed by atoms with Gasteiger partial charge >= 0.3 is 0 Å². The highest BCUT2D eigenvalue weighted by atomic mass is 16.2. The van der Waals surface area contributed by atoms with E-state index in [1.54, 1.807) is 6.92 Å². The molecule has 1 unspecified atom stereocenters. The zero-order chi connectivity index (χ0) is 12.4. The van der Waals surface area contributed by atoms with Gasteiger partial charge in [0, 0.05) is 38.4 Å². The average molecular weight is 238 g/mol. The van der Waals surface area contributed by atoms with Crippen molar-refractivity contribution in [1.82, 2.24) is 9.80 Å². The summed E-state index contributed by atoms with van der Waals surface area (Å²) in [5.41, 5.74) is 0. The molecule has 0 N–H and O–H groups in total. The Morgan fingerprint density at radius 3 is 2.47 bits per heavy atom. The Hall–Kier alpha value is -1.39. The minimum absolute atomic E-state index is 0.0669. The van der Waals surface area contributed by atoms with Gasteiger partial charge in [0.25, 0.3) is 0 Å². The molecule has 0 aromatic rings. The van der Waals surface area contributed by atoms with Crippen LogP contribution in [-0.2, 0) is 14.4 Å². The summed E-state index contributed by atoms with van der Waals surface area (Å²) >= 11 is 0. The summed E-state index contributed by atoms with van der Waals surface area (Å²) in [5, 5.41) is 0. The molecule has 0 saturated carbocycles. The van der Waals surface area contributed by atoms with Crippen LogP contribution in [0.15, 0.2) is 0 Å². The zero-order valence-corrected chi connectivity index (χ0v) is 10.1. The van der Waals surface area contributed by atoms with Crippen molar-refractivity contribution in [3.63, 3.8) is 0 Å². The maximum atomic E-state index is 11.6. The molecule has 0 radical (unpaired) electrons. The van der Waals surface area contributed by atoms with Gasteiger partial charge in [-0.25, -0.2) is 0 Å². The third-order valence-electron chi connectivity index (χ3n) is 3.45. The molecule has 0 aromatic carbocycles. The highest BCUT2D eigenvalue weighted by molar-refractivity contribution is 6.03. The molecule has 2 aliphatic rings. The molecule has 2 heterocycles. The van der Waals surface area contributed by atoms with Crippen molar-refractivity contribution >= 4 is 17.7 Å². The van der Waals surface area contributed by atoms with Crippen LogP contribution in [0, 0.1) is 5.92 Å². The molecule has 2 rings (SSSR count). The van der Waals surface area contributed by atoms with E-state index in [2.05, 4.69) is 0 Å². The molecule has 2 aliphatic heterocycles. The van der Waals surface area contributed by atoms with Crippen molar-refractivity contribution in [2.45, 2.75) is 32.6 Å². The smallest absolute Gasteiger partial charge is 0.232 e. The van der Waals surface area contributed by atoms with Crippen LogP contribution in [0.3, 0.4) is 0 Å². The van der Waals surface area contributed by atoms with Crippen LogP contribution in [0.5, 0.6) is 0 Å². The summed E-state index contributed by atoms with van der Waals surface area (Å²) in [7, 11) is 0. The molecular formula is C12H18N2O3. The maximum absolute atomic E-state index is 11.6. The van der Waals surface area contributed by atoms with Crippen molar-refractivity contribution in [2.24, 2.45) is 5.92 Å². The maximum Gasteiger partial charge on any atom is 0.232 e. The molecule has 1 atom stereocenters. The first-order valence-electron chi connectivity index (χ1n) is 6.21. The van der Waals surface area contributed by atoms with Gasteiger partial charge in [0.1, 0.15) is 0 Å². The Bertz CT molecular complexity index is 354. The Labute approximate surface area is 101 Å². The molecule has 17 heavy (non-hydrogen) atoms. The highest BCUT2D eigenvalue weighted by Gasteiger charge is 2.35. The lowest BCUT2D eigenvalue weighted by Crippen LogP contribution is -2.34. The van der Waals surface area contributed by atoms with Gasteiger partial charge in [0.15, 0.2) is 0 Å². The third kappa shape index (κ3) is 2.48. The number of imide groups is 1. The van der Waals surface area contributed by atoms with Crippen LogP contribution in [0.25, 0.3) is 0 Å². The van der Waals surface area contributed by atoms with Gasteiger partial charge in [-0.1, -0.05) is 6.92 Å². The first-order valence-corrected chi connectivity index (χ1v) is 6.21. The molecular weight excluding hydrogens is 220 g/mol. The number of carbonyl (C=O) groups is 3. The normalized spacial score (nSPS) is 25.2. The van der Waals surface area contributed by atoms with Gasteiger partial charge in [0.05, 0.1) is 0 Å². The number of carbonyl (C=O) groups excluding carboxylic acids is 3. The SMILES string of the molecule is CC1CC(=O)N(CCCN2CCCC2=O)C1=O. The van der Waals surface area contributed by atoms with Crippen molar-refractivity contribution in [3.05, 3.63) is 0 Å². The Kier molecular flexibility index (Phi) is 3.45. The van der Waals surface area contributed by atoms with Crippen molar-refractivity contribution in [2.75, 3.05) is 19.6 Å². The van der Waals surface area contributed by atoms with Crippen molar-refractivity contribution in [1.29, 1.82) is 0 Å². The predicted molar refractivity (Wildman–Crippen MR) is 60.9 cm³/mol. The van der Waals surface area contributed by atoms with E-state index < -0.39 is 0 Å². The molecule has 5 heteroatoms. The first-order chi connectivity index (χ1) is 8.09. The molecule has 0 spiro atoms. The first kappa shape index (κ1) is 12.1. The number of hydrogen-bond acceptors (Lipinski definition) is 3. The fourth-order valence-corrected chi connectivity index (χ4v) is 2.44. The predicted octanol–water partition coefficient (Wildman–Crippen LogP) is 0.394. The van der Waals surface area contributed by atoms with E-state index in [-0.39, 0.29) is 23.6 Å². The molecule has 2 saturated heterocycles. The summed E-state index contributed by atoms with van der Waals surface area (Å²) in [6, 6.07) is 0. The summed E-state index contributed by atoms with van der Waals surface area (Å²) < 4.78 is 0. The number of nitrogens with zero attached hydrogens (tertiary/aromatic N) is 2. The number of likely N-dealkylation sites (tertiary alicyclic amines) is 2. The van der Waals surface area contributed by atoms with Crippen molar-refractivity contribution < 1.29 is 14.4 Å². The van der Waals surface area contributed by atoms with E-state index in [0.717, 1.165) is 13.0 Å². The quantitative estimate of drug-likeness (QED) is 0.666. The molecule has 3 amide bonds. The van der Waals surface area contributed by atoms with Crippen LogP contribution in [0.2, 0.25) is 0 Å². The summed E-state index contributed by atoms with van der Waals surface area (Å²) in [4.78, 5) is 37.7. The Morgan fingerprint density at radius 2 is 1.94 bits per heavy atom. The molecule has 94 valence electrons. The van der Waals surface area contributed by atoms with E-state index in [0.29, 0.717) is 32.4 Å². The van der Waals surface area contributed by atoms with Crippen LogP contribution >= 0.6 is 0 Å². The largest absolute Gasteiger partial charge is 0.343 e. The number of rotatable bonds is 4. The van der Waals surface area contributed by atoms with E-state index in [1.165, 1.54) is 4.90 Å². The van der Waals surface area contributed by atoms with Gasteiger partial charge in [-0.15, -0.1) is 0 Å². The lowest BCUT2D eigenvalue weighted by molar-refractivity contribution is -0.139. The van der Waals surface area contributed by atoms with Crippen LogP contribution < -0.4 is 0 Å². The van der Waals surface area contributed by atoms with E-state index in [4.69, 9.17) is 0 Å². The molecule has 0 aliphatic carbocycles. The zero-order valence-electron chi connectivity index (χ0n) is 10.1. The van der Waals surface area contributed by atoms with Crippen LogP contribution in [0.4, 0.5) is 0 Å². The lowest BCUT2D eigenvalue weighted by atomic mass is 10.1. The fraction of sp³-hybridized carbons (Fsp3) is 0.750. The third-order valence-corrected chi connectivity index (χ3v) is 3.45. The molecule has 0 bridgehead atoms. The summed E-state index contributed by atoms with van der Waals surface area (Å²) in [6.07, 6.45) is 2.59. The van der Waals surface area contributed by atoms with Gasteiger partial charge < -0.3 is 4.90 Å².